The summed E-state index contributed by atoms with van der Waals surface area (Å²) in [6, 6.07) is 0.295. The van der Waals surface area contributed by atoms with E-state index in [1.807, 2.05) is 0 Å². The maximum atomic E-state index is 11.5. The number of hydrazine groups is 1. The Morgan fingerprint density at radius 2 is 2.30 bits per heavy atom. The summed E-state index contributed by atoms with van der Waals surface area (Å²) in [5.41, 5.74) is 1.93. The second-order valence-corrected chi connectivity index (χ2v) is 4.35. The molecule has 10 nitrogen and oxygen atoms in total. The van der Waals surface area contributed by atoms with E-state index in [-0.39, 0.29) is 36.3 Å². The number of amides is 1. The summed E-state index contributed by atoms with van der Waals surface area (Å²) in [6.07, 6.45) is 3.29. The average molecular weight is 281 g/mol. The monoisotopic (exact) mass is 281 g/mol. The standard InChI is InChI=1S/C10H15N7O3/c11-16-10-13-5-7(17(19)20)9(15-10)12-4-3-8(18)14-6-1-2-6/h5-6H,1-4,11H2,(H,14,18)(H2,12,13,15,16). The van der Waals surface area contributed by atoms with Crippen molar-refractivity contribution in [1.82, 2.24) is 15.3 Å². The Labute approximate surface area is 114 Å². The number of carbonyl (C=O) groups is 1. The van der Waals surface area contributed by atoms with Crippen LogP contribution in [0, 0.1) is 10.1 Å². The van der Waals surface area contributed by atoms with E-state index in [2.05, 4.69) is 26.0 Å². The van der Waals surface area contributed by atoms with E-state index < -0.39 is 4.92 Å². The zero-order valence-corrected chi connectivity index (χ0v) is 10.6. The molecule has 20 heavy (non-hydrogen) atoms. The Balaban J connectivity index is 1.92. The SMILES string of the molecule is NNc1ncc([N+](=O)[O-])c(NCCC(=O)NC2CC2)n1. The number of nitro groups is 1. The fraction of sp³-hybridized carbons (Fsp3) is 0.500. The number of hydrogen-bond donors (Lipinski definition) is 4. The van der Waals surface area contributed by atoms with Gasteiger partial charge in [0.1, 0.15) is 6.20 Å². The van der Waals surface area contributed by atoms with Crippen LogP contribution in [-0.2, 0) is 4.79 Å². The van der Waals surface area contributed by atoms with Crippen LogP contribution in [0.3, 0.4) is 0 Å². The van der Waals surface area contributed by atoms with Crippen molar-refractivity contribution in [2.45, 2.75) is 25.3 Å². The Kier molecular flexibility index (Phi) is 4.25. The predicted octanol–water partition coefficient (Wildman–Crippen LogP) is -0.249. The molecule has 0 saturated heterocycles. The van der Waals surface area contributed by atoms with E-state index in [0.717, 1.165) is 19.0 Å². The summed E-state index contributed by atoms with van der Waals surface area (Å²) in [6.45, 7) is 0.237. The highest BCUT2D eigenvalue weighted by Gasteiger charge is 2.23. The molecule has 1 aromatic rings. The van der Waals surface area contributed by atoms with Gasteiger partial charge in [-0.2, -0.15) is 4.98 Å². The van der Waals surface area contributed by atoms with Gasteiger partial charge in [-0.05, 0) is 12.8 Å². The zero-order valence-electron chi connectivity index (χ0n) is 10.6. The molecule has 0 radical (unpaired) electrons. The molecular formula is C10H15N7O3. The first-order valence-corrected chi connectivity index (χ1v) is 6.11. The molecule has 10 heteroatoms. The first-order valence-electron chi connectivity index (χ1n) is 6.11. The molecule has 0 atom stereocenters. The molecule has 0 bridgehead atoms. The van der Waals surface area contributed by atoms with Crippen molar-refractivity contribution in [1.29, 1.82) is 0 Å². The van der Waals surface area contributed by atoms with Gasteiger partial charge in [-0.3, -0.25) is 20.3 Å². The van der Waals surface area contributed by atoms with Crippen LogP contribution in [0.15, 0.2) is 6.20 Å². The zero-order chi connectivity index (χ0) is 14.5. The number of nitrogens with one attached hydrogen (secondary N) is 3. The van der Waals surface area contributed by atoms with Crippen molar-refractivity contribution >= 4 is 23.4 Å². The predicted molar refractivity (Wildman–Crippen MR) is 70.8 cm³/mol. The normalized spacial score (nSPS) is 13.7. The Morgan fingerprint density at radius 3 is 2.90 bits per heavy atom. The van der Waals surface area contributed by atoms with Crippen molar-refractivity contribution in [2.75, 3.05) is 17.3 Å². The van der Waals surface area contributed by atoms with Gasteiger partial charge in [-0.15, -0.1) is 0 Å². The molecule has 108 valence electrons. The van der Waals surface area contributed by atoms with Crippen molar-refractivity contribution in [3.8, 4) is 0 Å². The first-order chi connectivity index (χ1) is 9.60. The largest absolute Gasteiger partial charge is 0.364 e. The molecule has 1 saturated carbocycles. The van der Waals surface area contributed by atoms with E-state index in [1.165, 1.54) is 0 Å². The quantitative estimate of drug-likeness (QED) is 0.304. The molecule has 1 aromatic heterocycles. The van der Waals surface area contributed by atoms with Crippen molar-refractivity contribution < 1.29 is 9.72 Å². The van der Waals surface area contributed by atoms with Crippen LogP contribution in [0.25, 0.3) is 0 Å². The highest BCUT2D eigenvalue weighted by atomic mass is 16.6. The van der Waals surface area contributed by atoms with E-state index in [1.54, 1.807) is 0 Å². The molecule has 0 spiro atoms. The van der Waals surface area contributed by atoms with E-state index in [4.69, 9.17) is 5.84 Å². The topological polar surface area (TPSA) is 148 Å². The van der Waals surface area contributed by atoms with Crippen molar-refractivity contribution in [2.24, 2.45) is 5.84 Å². The second kappa shape index (κ2) is 6.10. The lowest BCUT2D eigenvalue weighted by Crippen LogP contribution is -2.27. The molecule has 2 rings (SSSR count). The van der Waals surface area contributed by atoms with Gasteiger partial charge in [-0.1, -0.05) is 0 Å². The maximum absolute atomic E-state index is 11.5. The van der Waals surface area contributed by atoms with Crippen LogP contribution < -0.4 is 21.9 Å². The van der Waals surface area contributed by atoms with E-state index >= 15 is 0 Å². The number of rotatable bonds is 7. The lowest BCUT2D eigenvalue weighted by molar-refractivity contribution is -0.384. The average Bonchev–Trinajstić information content (AvgIpc) is 3.22. The third-order valence-corrected chi connectivity index (χ3v) is 2.68. The minimum absolute atomic E-state index is 0.0252. The number of hydrogen-bond acceptors (Lipinski definition) is 8. The molecule has 0 aliphatic heterocycles. The van der Waals surface area contributed by atoms with Gasteiger partial charge in [0.2, 0.25) is 17.7 Å². The Hall–Kier alpha value is -2.49. The fourth-order valence-corrected chi connectivity index (χ4v) is 1.53. The smallest absolute Gasteiger partial charge is 0.329 e. The van der Waals surface area contributed by atoms with Gasteiger partial charge >= 0.3 is 5.69 Å². The molecule has 1 aliphatic rings. The molecule has 5 N–H and O–H groups in total. The molecular weight excluding hydrogens is 266 g/mol. The van der Waals surface area contributed by atoms with Crippen LogP contribution in [0.5, 0.6) is 0 Å². The summed E-state index contributed by atoms with van der Waals surface area (Å²) >= 11 is 0. The minimum atomic E-state index is -0.604. The lowest BCUT2D eigenvalue weighted by atomic mass is 10.3. The Morgan fingerprint density at radius 1 is 1.55 bits per heavy atom. The van der Waals surface area contributed by atoms with Crippen LogP contribution >= 0.6 is 0 Å². The molecule has 1 heterocycles. The highest BCUT2D eigenvalue weighted by Crippen LogP contribution is 2.21. The summed E-state index contributed by atoms with van der Waals surface area (Å²) in [5, 5.41) is 16.4. The maximum Gasteiger partial charge on any atom is 0.329 e. The summed E-state index contributed by atoms with van der Waals surface area (Å²) in [5.74, 6) is 5.14. The second-order valence-electron chi connectivity index (χ2n) is 4.35. The van der Waals surface area contributed by atoms with Gasteiger partial charge < -0.3 is 10.6 Å². The van der Waals surface area contributed by atoms with Gasteiger partial charge in [0, 0.05) is 19.0 Å². The number of anilines is 2. The molecule has 0 unspecified atom stereocenters. The number of nitrogens with zero attached hydrogens (tertiary/aromatic N) is 3. The van der Waals surface area contributed by atoms with Crippen molar-refractivity contribution in [3.05, 3.63) is 16.3 Å². The minimum Gasteiger partial charge on any atom is -0.364 e. The van der Waals surface area contributed by atoms with Crippen molar-refractivity contribution in [3.63, 3.8) is 0 Å². The summed E-state index contributed by atoms with van der Waals surface area (Å²) < 4.78 is 0. The number of nitrogens with two attached hydrogens (primary N) is 1. The number of carbonyl (C=O) groups excluding carboxylic acids is 1. The van der Waals surface area contributed by atoms with Gasteiger partial charge in [-0.25, -0.2) is 10.8 Å². The van der Waals surface area contributed by atoms with Gasteiger partial charge in [0.25, 0.3) is 0 Å². The van der Waals surface area contributed by atoms with Crippen LogP contribution in [-0.4, -0.2) is 33.4 Å². The fourth-order valence-electron chi connectivity index (χ4n) is 1.53. The van der Waals surface area contributed by atoms with Crippen LogP contribution in [0.4, 0.5) is 17.5 Å². The van der Waals surface area contributed by atoms with E-state index in [0.29, 0.717) is 6.04 Å². The number of nitrogen functional groups attached to an aromatic ring is 1. The van der Waals surface area contributed by atoms with Gasteiger partial charge in [0.05, 0.1) is 4.92 Å². The molecule has 1 fully saturated rings. The van der Waals surface area contributed by atoms with E-state index in [9.17, 15) is 14.9 Å². The highest BCUT2D eigenvalue weighted by molar-refractivity contribution is 5.77. The first kappa shape index (κ1) is 13.9. The third-order valence-electron chi connectivity index (χ3n) is 2.68. The van der Waals surface area contributed by atoms with Gasteiger partial charge in [0.15, 0.2) is 0 Å². The van der Waals surface area contributed by atoms with Crippen LogP contribution in [0.1, 0.15) is 19.3 Å². The van der Waals surface area contributed by atoms with Crippen LogP contribution in [0.2, 0.25) is 0 Å². The lowest BCUT2D eigenvalue weighted by Gasteiger charge is -2.07. The summed E-state index contributed by atoms with van der Waals surface area (Å²) in [4.78, 5) is 29.2. The Bertz CT molecular complexity index is 518. The number of aromatic nitrogens is 2. The molecule has 0 aromatic carbocycles. The molecule has 1 aliphatic carbocycles. The molecule has 1 amide bonds. The summed E-state index contributed by atoms with van der Waals surface area (Å²) in [7, 11) is 0. The third kappa shape index (κ3) is 3.75.